The first kappa shape index (κ1) is 20.6. The molecule has 0 amide bonds. The van der Waals surface area contributed by atoms with Crippen molar-refractivity contribution in [3.63, 3.8) is 0 Å². The molecule has 2 aromatic heterocycles. The summed E-state index contributed by atoms with van der Waals surface area (Å²) in [5.41, 5.74) is 1.82. The molecule has 8 nitrogen and oxygen atoms in total. The van der Waals surface area contributed by atoms with Crippen LogP contribution in [0.5, 0.6) is 0 Å². The lowest BCUT2D eigenvalue weighted by Gasteiger charge is -2.39. The van der Waals surface area contributed by atoms with E-state index in [1.807, 2.05) is 35.0 Å². The second kappa shape index (κ2) is 8.59. The van der Waals surface area contributed by atoms with Crippen molar-refractivity contribution in [1.82, 2.24) is 19.9 Å². The molecule has 1 aliphatic heterocycles. The van der Waals surface area contributed by atoms with Crippen molar-refractivity contribution >= 4 is 17.3 Å². The van der Waals surface area contributed by atoms with E-state index in [0.29, 0.717) is 31.9 Å². The zero-order valence-electron chi connectivity index (χ0n) is 17.5. The summed E-state index contributed by atoms with van der Waals surface area (Å²) in [6.45, 7) is 5.81. The van der Waals surface area contributed by atoms with E-state index in [9.17, 15) is 10.2 Å². The lowest BCUT2D eigenvalue weighted by Crippen LogP contribution is -2.59. The van der Waals surface area contributed by atoms with E-state index >= 15 is 0 Å². The van der Waals surface area contributed by atoms with Crippen molar-refractivity contribution in [2.45, 2.75) is 44.4 Å². The highest BCUT2D eigenvalue weighted by atomic mass is 16.3. The number of aromatic nitrogens is 3. The van der Waals surface area contributed by atoms with Gasteiger partial charge in [-0.05, 0) is 24.4 Å². The number of piperidine rings is 1. The van der Waals surface area contributed by atoms with Gasteiger partial charge in [-0.2, -0.15) is 9.61 Å². The summed E-state index contributed by atoms with van der Waals surface area (Å²) < 4.78 is 1.82. The molecule has 4 rings (SSSR count). The molecule has 1 aromatic carbocycles. The van der Waals surface area contributed by atoms with E-state index in [1.165, 1.54) is 5.56 Å². The van der Waals surface area contributed by atoms with Crippen molar-refractivity contribution in [2.75, 3.05) is 30.3 Å². The molecule has 0 bridgehead atoms. The van der Waals surface area contributed by atoms with Gasteiger partial charge in [0.15, 0.2) is 5.65 Å². The molecule has 3 heterocycles. The number of nitrogens with one attached hydrogen (secondary N) is 3. The second-order valence-electron chi connectivity index (χ2n) is 8.27. The molecule has 2 unspecified atom stereocenters. The smallest absolute Gasteiger partial charge is 0.163 e. The lowest BCUT2D eigenvalue weighted by molar-refractivity contribution is -0.0458. The number of anilines is 2. The fourth-order valence-electron chi connectivity index (χ4n) is 3.84. The van der Waals surface area contributed by atoms with Crippen LogP contribution in [0.15, 0.2) is 42.6 Å². The van der Waals surface area contributed by atoms with Crippen molar-refractivity contribution in [2.24, 2.45) is 0 Å². The predicted molar refractivity (Wildman–Crippen MR) is 118 cm³/mol. The zero-order valence-corrected chi connectivity index (χ0v) is 17.5. The molecule has 0 radical (unpaired) electrons. The fourth-order valence-corrected chi connectivity index (χ4v) is 3.84. The van der Waals surface area contributed by atoms with Crippen LogP contribution in [0.2, 0.25) is 0 Å². The normalized spacial score (nSPS) is 21.8. The maximum atomic E-state index is 10.8. The van der Waals surface area contributed by atoms with Gasteiger partial charge in [0.25, 0.3) is 0 Å². The Hall–Kier alpha value is -2.68. The zero-order chi connectivity index (χ0) is 21.1. The molecule has 3 aromatic rings. The summed E-state index contributed by atoms with van der Waals surface area (Å²) >= 11 is 0. The molecule has 30 heavy (non-hydrogen) atoms. The third-order valence-corrected chi connectivity index (χ3v) is 5.77. The maximum Gasteiger partial charge on any atom is 0.163 e. The summed E-state index contributed by atoms with van der Waals surface area (Å²) in [7, 11) is 0. The lowest BCUT2D eigenvalue weighted by atomic mass is 9.88. The Labute approximate surface area is 176 Å². The Bertz CT molecular complexity index is 990. The van der Waals surface area contributed by atoms with Crippen LogP contribution < -0.4 is 16.0 Å². The van der Waals surface area contributed by atoms with Crippen LogP contribution in [0.4, 0.5) is 11.6 Å². The molecule has 5 N–H and O–H groups in total. The second-order valence-corrected chi connectivity index (χ2v) is 8.27. The van der Waals surface area contributed by atoms with Crippen molar-refractivity contribution < 1.29 is 10.2 Å². The van der Waals surface area contributed by atoms with Gasteiger partial charge in [-0.15, -0.1) is 0 Å². The van der Waals surface area contributed by atoms with E-state index in [-0.39, 0.29) is 18.6 Å². The number of hydrogen-bond acceptors (Lipinski definition) is 7. The van der Waals surface area contributed by atoms with Gasteiger partial charge in [-0.3, -0.25) is 0 Å². The highest BCUT2D eigenvalue weighted by molar-refractivity contribution is 5.61. The average Bonchev–Trinajstić information content (AvgIpc) is 3.19. The molecule has 1 aliphatic rings. The van der Waals surface area contributed by atoms with Gasteiger partial charge in [-0.1, -0.05) is 44.2 Å². The van der Waals surface area contributed by atoms with E-state index in [4.69, 9.17) is 4.98 Å². The number of fused-ring (bicyclic) bond motifs is 1. The molecule has 2 atom stereocenters. The maximum absolute atomic E-state index is 10.8. The number of hydrogen-bond donors (Lipinski definition) is 5. The Kier molecular flexibility index (Phi) is 5.90. The van der Waals surface area contributed by atoms with Crippen LogP contribution in [-0.4, -0.2) is 56.2 Å². The van der Waals surface area contributed by atoms with Crippen molar-refractivity contribution in [1.29, 1.82) is 0 Å². The number of nitrogens with zero attached hydrogens (tertiary/aromatic N) is 3. The number of rotatable bonds is 7. The fraction of sp³-hybridized carbons (Fsp3) is 0.455. The highest BCUT2D eigenvalue weighted by Crippen LogP contribution is 2.27. The molecule has 0 aliphatic carbocycles. The first-order valence-corrected chi connectivity index (χ1v) is 10.5. The summed E-state index contributed by atoms with van der Waals surface area (Å²) in [6.07, 6.45) is 2.34. The monoisotopic (exact) mass is 410 g/mol. The van der Waals surface area contributed by atoms with Crippen LogP contribution in [0.25, 0.3) is 5.65 Å². The number of aliphatic hydroxyl groups excluding tert-OH is 1. The van der Waals surface area contributed by atoms with E-state index in [1.54, 1.807) is 0 Å². The number of benzene rings is 1. The van der Waals surface area contributed by atoms with Crippen LogP contribution in [0, 0.1) is 0 Å². The van der Waals surface area contributed by atoms with Crippen molar-refractivity contribution in [3.8, 4) is 0 Å². The Balaban J connectivity index is 1.67. The first-order chi connectivity index (χ1) is 14.5. The minimum Gasteiger partial charge on any atom is -0.393 e. The van der Waals surface area contributed by atoms with E-state index < -0.39 is 5.60 Å². The van der Waals surface area contributed by atoms with Crippen LogP contribution >= 0.6 is 0 Å². The van der Waals surface area contributed by atoms with Gasteiger partial charge < -0.3 is 26.2 Å². The summed E-state index contributed by atoms with van der Waals surface area (Å²) in [5.74, 6) is 1.73. The van der Waals surface area contributed by atoms with E-state index in [0.717, 1.165) is 17.0 Å². The highest BCUT2D eigenvalue weighted by Gasteiger charge is 2.38. The van der Waals surface area contributed by atoms with Gasteiger partial charge in [0, 0.05) is 24.7 Å². The molecular weight excluding hydrogens is 380 g/mol. The standard InChI is InChI=1S/C22H30N6O2/c1-15(2)17-12-25-28-20(24-11-16-6-4-3-5-7-16)10-19(27-21(17)28)26-18-13-23-9-8-22(18,30)14-29/h3-7,10,12,15,18,23-24,29-30H,8-9,11,13-14H2,1-2H3,(H,26,27). The van der Waals surface area contributed by atoms with Gasteiger partial charge >= 0.3 is 0 Å². The molecular formula is C22H30N6O2. The minimum atomic E-state index is -1.18. The number of aliphatic hydroxyl groups is 2. The average molecular weight is 411 g/mol. The molecule has 1 saturated heterocycles. The predicted octanol–water partition coefficient (Wildman–Crippen LogP) is 1.96. The van der Waals surface area contributed by atoms with Gasteiger partial charge in [-0.25, -0.2) is 4.98 Å². The Morgan fingerprint density at radius 1 is 1.30 bits per heavy atom. The molecule has 0 saturated carbocycles. The third kappa shape index (κ3) is 4.12. The van der Waals surface area contributed by atoms with E-state index in [2.05, 4.69) is 47.0 Å². The quantitative estimate of drug-likeness (QED) is 0.405. The minimum absolute atomic E-state index is 0.276. The van der Waals surface area contributed by atoms with Gasteiger partial charge in [0.2, 0.25) is 0 Å². The summed E-state index contributed by atoms with van der Waals surface area (Å²) in [6, 6.07) is 11.7. The SMILES string of the molecule is CC(C)c1cnn2c(NCc3ccccc3)cc(NC3CNCCC3(O)CO)nc12. The third-order valence-electron chi connectivity index (χ3n) is 5.77. The van der Waals surface area contributed by atoms with Crippen LogP contribution in [-0.2, 0) is 6.54 Å². The largest absolute Gasteiger partial charge is 0.393 e. The van der Waals surface area contributed by atoms with Crippen LogP contribution in [0.1, 0.15) is 37.3 Å². The van der Waals surface area contributed by atoms with Gasteiger partial charge in [0.1, 0.15) is 17.2 Å². The molecule has 8 heteroatoms. The Morgan fingerprint density at radius 2 is 2.10 bits per heavy atom. The van der Waals surface area contributed by atoms with Crippen LogP contribution in [0.3, 0.4) is 0 Å². The first-order valence-electron chi connectivity index (χ1n) is 10.5. The molecule has 0 spiro atoms. The Morgan fingerprint density at radius 3 is 2.83 bits per heavy atom. The van der Waals surface area contributed by atoms with Gasteiger partial charge in [0.05, 0.1) is 18.8 Å². The topological polar surface area (TPSA) is 107 Å². The molecule has 1 fully saturated rings. The summed E-state index contributed by atoms with van der Waals surface area (Å²) in [4.78, 5) is 4.79. The van der Waals surface area contributed by atoms with Crippen molar-refractivity contribution in [3.05, 3.63) is 53.7 Å². The molecule has 160 valence electrons. The summed E-state index contributed by atoms with van der Waals surface area (Å²) in [5, 5.41) is 35.2.